The van der Waals surface area contributed by atoms with Gasteiger partial charge in [0.05, 0.1) is 0 Å². The Morgan fingerprint density at radius 1 is 1.16 bits per heavy atom. The minimum atomic E-state index is -0.258. The standard InChI is InChI=1S/C17H14N4O3S/c1-21(17-18-5-2-6-19-17)16(22)12-10-25-15(20-12)11-3-4-13-14(9-11)24-8-7-23-13/h2-6,9-10H,7-8H2,1H3. The topological polar surface area (TPSA) is 77.4 Å². The second kappa shape index (κ2) is 6.48. The summed E-state index contributed by atoms with van der Waals surface area (Å²) in [5, 5.41) is 2.47. The summed E-state index contributed by atoms with van der Waals surface area (Å²) in [5.41, 5.74) is 1.23. The highest BCUT2D eigenvalue weighted by molar-refractivity contribution is 7.13. The summed E-state index contributed by atoms with van der Waals surface area (Å²) < 4.78 is 11.1. The summed E-state index contributed by atoms with van der Waals surface area (Å²) >= 11 is 1.40. The van der Waals surface area contributed by atoms with Crippen LogP contribution in [0.3, 0.4) is 0 Å². The van der Waals surface area contributed by atoms with Gasteiger partial charge in [-0.2, -0.15) is 0 Å². The fraction of sp³-hybridized carbons (Fsp3) is 0.176. The molecule has 25 heavy (non-hydrogen) atoms. The van der Waals surface area contributed by atoms with Gasteiger partial charge >= 0.3 is 0 Å². The van der Waals surface area contributed by atoms with E-state index in [0.29, 0.717) is 30.6 Å². The van der Waals surface area contributed by atoms with Crippen molar-refractivity contribution in [2.75, 3.05) is 25.2 Å². The smallest absolute Gasteiger partial charge is 0.279 e. The van der Waals surface area contributed by atoms with E-state index in [-0.39, 0.29) is 5.91 Å². The first-order valence-electron chi connectivity index (χ1n) is 7.63. The van der Waals surface area contributed by atoms with Crippen LogP contribution in [0.25, 0.3) is 10.6 Å². The highest BCUT2D eigenvalue weighted by Crippen LogP contribution is 2.35. The molecule has 3 aromatic rings. The van der Waals surface area contributed by atoms with E-state index in [1.807, 2.05) is 18.2 Å². The zero-order valence-corrected chi connectivity index (χ0v) is 14.2. The number of aromatic nitrogens is 3. The van der Waals surface area contributed by atoms with E-state index < -0.39 is 0 Å². The third-order valence-corrected chi connectivity index (χ3v) is 4.56. The number of nitrogens with zero attached hydrogens (tertiary/aromatic N) is 4. The Bertz CT molecular complexity index is 913. The van der Waals surface area contributed by atoms with Gasteiger partial charge in [-0.05, 0) is 24.3 Å². The van der Waals surface area contributed by atoms with Crippen molar-refractivity contribution in [2.24, 2.45) is 0 Å². The number of carbonyl (C=O) groups excluding carboxylic acids is 1. The van der Waals surface area contributed by atoms with Gasteiger partial charge in [-0.1, -0.05) is 0 Å². The Labute approximate surface area is 147 Å². The molecule has 0 fully saturated rings. The molecule has 7 nitrogen and oxygen atoms in total. The first kappa shape index (κ1) is 15.5. The van der Waals surface area contributed by atoms with Gasteiger partial charge in [-0.3, -0.25) is 9.69 Å². The maximum absolute atomic E-state index is 12.6. The SMILES string of the molecule is CN(C(=O)c1csc(-c2ccc3c(c2)OCCO3)n1)c1ncccn1. The van der Waals surface area contributed by atoms with Gasteiger partial charge in [0.2, 0.25) is 5.95 Å². The molecule has 0 N–H and O–H groups in total. The number of benzene rings is 1. The van der Waals surface area contributed by atoms with Crippen molar-refractivity contribution in [3.8, 4) is 22.1 Å². The van der Waals surface area contributed by atoms with Gasteiger partial charge in [0.1, 0.15) is 23.9 Å². The molecule has 1 aliphatic rings. The monoisotopic (exact) mass is 354 g/mol. The van der Waals surface area contributed by atoms with Crippen LogP contribution in [0.5, 0.6) is 11.5 Å². The molecule has 0 atom stereocenters. The van der Waals surface area contributed by atoms with E-state index in [4.69, 9.17) is 9.47 Å². The summed E-state index contributed by atoms with van der Waals surface area (Å²) in [5.74, 6) is 1.50. The van der Waals surface area contributed by atoms with Crippen LogP contribution >= 0.6 is 11.3 Å². The van der Waals surface area contributed by atoms with E-state index in [1.165, 1.54) is 16.2 Å². The normalized spacial score (nSPS) is 12.7. The molecule has 1 aromatic carbocycles. The van der Waals surface area contributed by atoms with Crippen molar-refractivity contribution in [3.63, 3.8) is 0 Å². The average molecular weight is 354 g/mol. The molecule has 126 valence electrons. The van der Waals surface area contributed by atoms with Crippen LogP contribution in [0.15, 0.2) is 42.0 Å². The summed E-state index contributed by atoms with van der Waals surface area (Å²) in [6.07, 6.45) is 3.18. The molecule has 1 amide bonds. The molecule has 4 rings (SSSR count). The van der Waals surface area contributed by atoms with E-state index in [1.54, 1.807) is 30.9 Å². The molecule has 0 bridgehead atoms. The predicted molar refractivity (Wildman–Crippen MR) is 93.3 cm³/mol. The Balaban J connectivity index is 1.59. The van der Waals surface area contributed by atoms with Crippen LogP contribution in [0, 0.1) is 0 Å². The van der Waals surface area contributed by atoms with Gasteiger partial charge in [0.25, 0.3) is 5.91 Å². The molecule has 0 saturated carbocycles. The molecule has 0 aliphatic carbocycles. The highest BCUT2D eigenvalue weighted by Gasteiger charge is 2.20. The Hall–Kier alpha value is -3.00. The summed E-state index contributed by atoms with van der Waals surface area (Å²) in [6, 6.07) is 7.34. The fourth-order valence-corrected chi connectivity index (χ4v) is 3.20. The molecule has 0 spiro atoms. The lowest BCUT2D eigenvalue weighted by Crippen LogP contribution is -2.28. The van der Waals surface area contributed by atoms with E-state index >= 15 is 0 Å². The lowest BCUT2D eigenvalue weighted by Gasteiger charge is -2.18. The van der Waals surface area contributed by atoms with Crippen molar-refractivity contribution >= 4 is 23.2 Å². The maximum Gasteiger partial charge on any atom is 0.279 e. The third kappa shape index (κ3) is 3.03. The van der Waals surface area contributed by atoms with Crippen molar-refractivity contribution in [1.82, 2.24) is 15.0 Å². The van der Waals surface area contributed by atoms with Crippen LogP contribution < -0.4 is 14.4 Å². The number of rotatable bonds is 3. The van der Waals surface area contributed by atoms with Crippen molar-refractivity contribution < 1.29 is 14.3 Å². The molecule has 2 aromatic heterocycles. The number of ether oxygens (including phenoxy) is 2. The zero-order chi connectivity index (χ0) is 17.2. The third-order valence-electron chi connectivity index (χ3n) is 3.67. The van der Waals surface area contributed by atoms with Gasteiger partial charge < -0.3 is 9.47 Å². The first-order valence-corrected chi connectivity index (χ1v) is 8.51. The first-order chi connectivity index (χ1) is 12.2. The van der Waals surface area contributed by atoms with Crippen LogP contribution in [-0.2, 0) is 0 Å². The quantitative estimate of drug-likeness (QED) is 0.720. The van der Waals surface area contributed by atoms with E-state index in [0.717, 1.165) is 16.3 Å². The molecule has 8 heteroatoms. The molecule has 0 radical (unpaired) electrons. The van der Waals surface area contributed by atoms with Crippen molar-refractivity contribution in [3.05, 3.63) is 47.7 Å². The largest absolute Gasteiger partial charge is 0.486 e. The number of carbonyl (C=O) groups is 1. The molecule has 3 heterocycles. The van der Waals surface area contributed by atoms with Crippen LogP contribution in [-0.4, -0.2) is 41.1 Å². The Morgan fingerprint density at radius 3 is 2.72 bits per heavy atom. The molecule has 0 unspecified atom stereocenters. The second-order valence-corrected chi connectivity index (χ2v) is 6.17. The second-order valence-electron chi connectivity index (χ2n) is 5.31. The summed E-state index contributed by atoms with van der Waals surface area (Å²) in [6.45, 7) is 1.08. The molecular weight excluding hydrogens is 340 g/mol. The highest BCUT2D eigenvalue weighted by atomic mass is 32.1. The lowest BCUT2D eigenvalue weighted by molar-refractivity contribution is 0.0987. The molecular formula is C17H14N4O3S. The Kier molecular flexibility index (Phi) is 4.02. The minimum Gasteiger partial charge on any atom is -0.486 e. The van der Waals surface area contributed by atoms with Gasteiger partial charge in [0.15, 0.2) is 11.5 Å². The number of hydrogen-bond acceptors (Lipinski definition) is 7. The molecule has 1 aliphatic heterocycles. The number of anilines is 1. The average Bonchev–Trinajstić information content (AvgIpc) is 3.17. The maximum atomic E-state index is 12.6. The van der Waals surface area contributed by atoms with E-state index in [2.05, 4.69) is 15.0 Å². The fourth-order valence-electron chi connectivity index (χ4n) is 2.41. The molecule has 0 saturated heterocycles. The van der Waals surface area contributed by atoms with Crippen LogP contribution in [0.4, 0.5) is 5.95 Å². The van der Waals surface area contributed by atoms with Crippen LogP contribution in [0.1, 0.15) is 10.5 Å². The number of fused-ring (bicyclic) bond motifs is 1. The number of hydrogen-bond donors (Lipinski definition) is 0. The lowest BCUT2D eigenvalue weighted by atomic mass is 10.2. The minimum absolute atomic E-state index is 0.258. The number of amides is 1. The van der Waals surface area contributed by atoms with E-state index in [9.17, 15) is 4.79 Å². The predicted octanol–water partition coefficient (Wildman–Crippen LogP) is 2.65. The van der Waals surface area contributed by atoms with Crippen molar-refractivity contribution in [1.29, 1.82) is 0 Å². The van der Waals surface area contributed by atoms with Gasteiger partial charge in [-0.15, -0.1) is 11.3 Å². The summed E-state index contributed by atoms with van der Waals surface area (Å²) in [4.78, 5) is 26.6. The summed E-state index contributed by atoms with van der Waals surface area (Å²) in [7, 11) is 1.63. The Morgan fingerprint density at radius 2 is 1.92 bits per heavy atom. The zero-order valence-electron chi connectivity index (χ0n) is 13.4. The van der Waals surface area contributed by atoms with Crippen molar-refractivity contribution in [2.45, 2.75) is 0 Å². The van der Waals surface area contributed by atoms with Crippen LogP contribution in [0.2, 0.25) is 0 Å². The van der Waals surface area contributed by atoms with Gasteiger partial charge in [-0.25, -0.2) is 15.0 Å². The van der Waals surface area contributed by atoms with Gasteiger partial charge in [0, 0.05) is 30.4 Å². The number of thiazole rings is 1.